The van der Waals surface area contributed by atoms with Crippen molar-refractivity contribution in [3.63, 3.8) is 0 Å². The van der Waals surface area contributed by atoms with Crippen LogP contribution in [-0.2, 0) is 13.1 Å². The zero-order valence-electron chi connectivity index (χ0n) is 12.8. The third-order valence-corrected chi connectivity index (χ3v) is 4.04. The number of para-hydroxylation sites is 1. The Kier molecular flexibility index (Phi) is 4.07. The van der Waals surface area contributed by atoms with Crippen LogP contribution in [0.25, 0.3) is 10.9 Å². The normalized spacial score (nSPS) is 11.1. The molecule has 0 aliphatic carbocycles. The molecule has 0 fully saturated rings. The van der Waals surface area contributed by atoms with Crippen LogP contribution in [0.3, 0.4) is 0 Å². The fourth-order valence-electron chi connectivity index (χ4n) is 2.85. The van der Waals surface area contributed by atoms with Crippen molar-refractivity contribution in [2.24, 2.45) is 0 Å². The molecule has 108 valence electrons. The minimum absolute atomic E-state index is 0.922. The van der Waals surface area contributed by atoms with Crippen LogP contribution < -0.4 is 5.32 Å². The van der Waals surface area contributed by atoms with Gasteiger partial charge >= 0.3 is 0 Å². The molecule has 0 bridgehead atoms. The second-order valence-corrected chi connectivity index (χ2v) is 5.51. The van der Waals surface area contributed by atoms with Gasteiger partial charge in [0.1, 0.15) is 0 Å². The Hall–Kier alpha value is -2.06. The van der Waals surface area contributed by atoms with Crippen LogP contribution in [0.2, 0.25) is 0 Å². The Morgan fingerprint density at radius 2 is 1.76 bits per heavy atom. The summed E-state index contributed by atoms with van der Waals surface area (Å²) in [6, 6.07) is 17.4. The highest BCUT2D eigenvalue weighted by Crippen LogP contribution is 2.22. The first-order valence-electron chi connectivity index (χ1n) is 7.61. The molecule has 0 aliphatic rings. The van der Waals surface area contributed by atoms with Gasteiger partial charge in [0.25, 0.3) is 0 Å². The Bertz CT molecular complexity index is 740. The summed E-state index contributed by atoms with van der Waals surface area (Å²) >= 11 is 0. The number of rotatable bonds is 5. The summed E-state index contributed by atoms with van der Waals surface area (Å²) in [4.78, 5) is 0. The predicted octanol–water partition coefficient (Wildman–Crippen LogP) is 4.11. The van der Waals surface area contributed by atoms with E-state index in [-0.39, 0.29) is 0 Å². The van der Waals surface area contributed by atoms with E-state index in [0.717, 1.165) is 19.6 Å². The molecule has 2 aromatic carbocycles. The van der Waals surface area contributed by atoms with Gasteiger partial charge in [-0.25, -0.2) is 0 Å². The molecule has 0 amide bonds. The first kappa shape index (κ1) is 13.9. The molecule has 0 unspecified atom stereocenters. The van der Waals surface area contributed by atoms with Gasteiger partial charge in [0, 0.05) is 19.3 Å². The van der Waals surface area contributed by atoms with Gasteiger partial charge in [-0.15, -0.1) is 0 Å². The van der Waals surface area contributed by atoms with Crippen molar-refractivity contribution < 1.29 is 0 Å². The Labute approximate surface area is 126 Å². The van der Waals surface area contributed by atoms with E-state index in [9.17, 15) is 0 Å². The summed E-state index contributed by atoms with van der Waals surface area (Å²) in [5.41, 5.74) is 5.45. The van der Waals surface area contributed by atoms with Gasteiger partial charge in [0.15, 0.2) is 0 Å². The minimum atomic E-state index is 0.922. The van der Waals surface area contributed by atoms with E-state index in [2.05, 4.69) is 78.5 Å². The molecule has 0 atom stereocenters. The van der Waals surface area contributed by atoms with E-state index >= 15 is 0 Å². The number of fused-ring (bicyclic) bond motifs is 1. The first-order chi connectivity index (χ1) is 10.3. The van der Waals surface area contributed by atoms with Crippen molar-refractivity contribution >= 4 is 10.9 Å². The smallest absolute Gasteiger partial charge is 0.0529 e. The fourth-order valence-corrected chi connectivity index (χ4v) is 2.85. The lowest BCUT2D eigenvalue weighted by molar-refractivity contribution is 0.724. The zero-order chi connectivity index (χ0) is 14.7. The molecule has 0 aliphatic heterocycles. The maximum Gasteiger partial charge on any atom is 0.0529 e. The predicted molar refractivity (Wildman–Crippen MR) is 89.6 cm³/mol. The van der Waals surface area contributed by atoms with E-state index in [1.165, 1.54) is 27.6 Å². The molecule has 0 spiro atoms. The zero-order valence-corrected chi connectivity index (χ0v) is 12.8. The van der Waals surface area contributed by atoms with Crippen molar-refractivity contribution in [3.8, 4) is 0 Å². The lowest BCUT2D eigenvalue weighted by Gasteiger charge is -2.12. The molecule has 2 heteroatoms. The van der Waals surface area contributed by atoms with Crippen LogP contribution >= 0.6 is 0 Å². The maximum absolute atomic E-state index is 3.44. The largest absolute Gasteiger partial charge is 0.343 e. The highest BCUT2D eigenvalue weighted by atomic mass is 15.0. The van der Waals surface area contributed by atoms with Crippen LogP contribution in [-0.4, -0.2) is 11.1 Å². The topological polar surface area (TPSA) is 17.0 Å². The molecular weight excluding hydrogens is 256 g/mol. The van der Waals surface area contributed by atoms with Crippen molar-refractivity contribution in [1.29, 1.82) is 0 Å². The van der Waals surface area contributed by atoms with Crippen LogP contribution in [0.15, 0.2) is 54.7 Å². The van der Waals surface area contributed by atoms with E-state index in [1.807, 2.05) is 0 Å². The van der Waals surface area contributed by atoms with E-state index < -0.39 is 0 Å². The summed E-state index contributed by atoms with van der Waals surface area (Å²) < 4.78 is 2.37. The van der Waals surface area contributed by atoms with Gasteiger partial charge < -0.3 is 9.88 Å². The number of aromatic nitrogens is 1. The number of benzene rings is 2. The lowest BCUT2D eigenvalue weighted by atomic mass is 10.1. The monoisotopic (exact) mass is 278 g/mol. The molecule has 0 saturated carbocycles. The van der Waals surface area contributed by atoms with E-state index in [1.54, 1.807) is 0 Å². The molecular formula is C19H22N2. The standard InChI is InChI=1S/C19H22N2/c1-3-20-13-17-10-6-9-16-11-12-21(19(16)17)14-18-8-5-4-7-15(18)2/h4-12,20H,3,13-14H2,1-2H3. The maximum atomic E-state index is 3.44. The Balaban J connectivity index is 2.01. The van der Waals surface area contributed by atoms with Gasteiger partial charge in [-0.1, -0.05) is 49.4 Å². The van der Waals surface area contributed by atoms with Crippen molar-refractivity contribution in [2.75, 3.05) is 6.54 Å². The summed E-state index contributed by atoms with van der Waals surface area (Å²) in [7, 11) is 0. The van der Waals surface area contributed by atoms with Crippen LogP contribution in [0.5, 0.6) is 0 Å². The number of hydrogen-bond acceptors (Lipinski definition) is 1. The molecule has 3 aromatic rings. The van der Waals surface area contributed by atoms with Crippen LogP contribution in [0.4, 0.5) is 0 Å². The average Bonchev–Trinajstić information content (AvgIpc) is 2.91. The first-order valence-corrected chi connectivity index (χ1v) is 7.61. The highest BCUT2D eigenvalue weighted by Gasteiger charge is 2.07. The SMILES string of the molecule is CCNCc1cccc2ccn(Cc3ccccc3C)c12. The summed E-state index contributed by atoms with van der Waals surface area (Å²) in [5.74, 6) is 0. The van der Waals surface area contributed by atoms with Crippen LogP contribution in [0, 0.1) is 6.92 Å². The van der Waals surface area contributed by atoms with E-state index in [4.69, 9.17) is 0 Å². The quantitative estimate of drug-likeness (QED) is 0.743. The third kappa shape index (κ3) is 2.86. The molecule has 0 saturated heterocycles. The number of hydrogen-bond donors (Lipinski definition) is 1. The average molecular weight is 278 g/mol. The number of nitrogens with one attached hydrogen (secondary N) is 1. The molecule has 2 nitrogen and oxygen atoms in total. The minimum Gasteiger partial charge on any atom is -0.343 e. The second-order valence-electron chi connectivity index (χ2n) is 5.51. The summed E-state index contributed by atoms with van der Waals surface area (Å²) in [6.07, 6.45) is 2.20. The van der Waals surface area contributed by atoms with Gasteiger partial charge in [0.2, 0.25) is 0 Å². The number of aryl methyl sites for hydroxylation is 1. The van der Waals surface area contributed by atoms with Gasteiger partial charge in [-0.3, -0.25) is 0 Å². The van der Waals surface area contributed by atoms with Gasteiger partial charge in [0.05, 0.1) is 5.52 Å². The Morgan fingerprint density at radius 3 is 2.57 bits per heavy atom. The van der Waals surface area contributed by atoms with Crippen molar-refractivity contribution in [3.05, 3.63) is 71.4 Å². The molecule has 3 rings (SSSR count). The molecule has 1 N–H and O–H groups in total. The summed E-state index contributed by atoms with van der Waals surface area (Å²) in [6.45, 7) is 7.17. The third-order valence-electron chi connectivity index (χ3n) is 4.04. The van der Waals surface area contributed by atoms with Crippen LogP contribution in [0.1, 0.15) is 23.6 Å². The Morgan fingerprint density at radius 1 is 0.952 bits per heavy atom. The van der Waals surface area contributed by atoms with Gasteiger partial charge in [-0.05, 0) is 41.6 Å². The van der Waals surface area contributed by atoms with Crippen molar-refractivity contribution in [1.82, 2.24) is 9.88 Å². The molecule has 1 heterocycles. The summed E-state index contributed by atoms with van der Waals surface area (Å²) in [5, 5.41) is 4.75. The highest BCUT2D eigenvalue weighted by molar-refractivity contribution is 5.83. The number of nitrogens with zero attached hydrogens (tertiary/aromatic N) is 1. The molecule has 0 radical (unpaired) electrons. The second kappa shape index (κ2) is 6.15. The van der Waals surface area contributed by atoms with Gasteiger partial charge in [-0.2, -0.15) is 0 Å². The van der Waals surface area contributed by atoms with E-state index in [0.29, 0.717) is 0 Å². The fraction of sp³-hybridized carbons (Fsp3) is 0.263. The molecule has 21 heavy (non-hydrogen) atoms. The molecule has 1 aromatic heterocycles. The van der Waals surface area contributed by atoms with Crippen molar-refractivity contribution in [2.45, 2.75) is 26.9 Å². The lowest BCUT2D eigenvalue weighted by Crippen LogP contribution is -2.13.